The highest BCUT2D eigenvalue weighted by molar-refractivity contribution is 5.79. The number of halogens is 3. The third-order valence-electron chi connectivity index (χ3n) is 5.68. The van der Waals surface area contributed by atoms with E-state index in [2.05, 4.69) is 27.9 Å². The number of hydrogen-bond donors (Lipinski definition) is 1. The van der Waals surface area contributed by atoms with Gasteiger partial charge in [0.1, 0.15) is 0 Å². The zero-order valence-electron chi connectivity index (χ0n) is 16.7. The number of fused-ring (bicyclic) bond motifs is 1. The quantitative estimate of drug-likeness (QED) is 0.814. The van der Waals surface area contributed by atoms with Gasteiger partial charge in [-0.1, -0.05) is 12.7 Å². The average Bonchev–Trinajstić information content (AvgIpc) is 3.22. The summed E-state index contributed by atoms with van der Waals surface area (Å²) >= 11 is 0. The van der Waals surface area contributed by atoms with Gasteiger partial charge >= 0.3 is 6.18 Å². The number of nitrogens with zero attached hydrogens (tertiary/aromatic N) is 4. The Balaban J connectivity index is 1.60. The Hall–Kier alpha value is -3.10. The van der Waals surface area contributed by atoms with Crippen LogP contribution in [0.1, 0.15) is 18.9 Å². The van der Waals surface area contributed by atoms with E-state index in [-0.39, 0.29) is 17.9 Å². The van der Waals surface area contributed by atoms with Crippen molar-refractivity contribution in [2.24, 2.45) is 10.9 Å². The van der Waals surface area contributed by atoms with Crippen LogP contribution in [0.4, 0.5) is 19.1 Å². The molecule has 0 amide bonds. The zero-order valence-corrected chi connectivity index (χ0v) is 16.7. The summed E-state index contributed by atoms with van der Waals surface area (Å²) in [5.74, 6) is 1.03. The maximum Gasteiger partial charge on any atom is 0.419 e. The number of aliphatic imine (C=N–C) groups is 1. The number of dihydropyridines is 1. The summed E-state index contributed by atoms with van der Waals surface area (Å²) in [6.07, 6.45) is 3.54. The fraction of sp³-hybridized carbons (Fsp3) is 0.381. The van der Waals surface area contributed by atoms with Gasteiger partial charge in [-0.2, -0.15) is 13.2 Å². The monoisotopic (exact) mass is 417 g/mol. The summed E-state index contributed by atoms with van der Waals surface area (Å²) in [7, 11) is 1.61. The van der Waals surface area contributed by atoms with Crippen LogP contribution in [0, 0.1) is 5.92 Å². The highest BCUT2D eigenvalue weighted by Crippen LogP contribution is 2.36. The Bertz CT molecular complexity index is 975. The average molecular weight is 417 g/mol. The fourth-order valence-corrected chi connectivity index (χ4v) is 3.97. The highest BCUT2D eigenvalue weighted by Gasteiger charge is 2.35. The molecule has 4 rings (SSSR count). The standard InChI is InChI=1S/C21H22F3N5O/c1-12-5-7-29(20-27-8-14(9-28-20)21(22,23)24)11-16(12)13(2)18-15-4-6-25-19(15)17(30-3)10-26-18/h4,6,8-10,15,18,25H,1,5,7,11H2,2-3H3/b16-13+. The van der Waals surface area contributed by atoms with Gasteiger partial charge in [0.05, 0.1) is 30.6 Å². The first-order valence-electron chi connectivity index (χ1n) is 9.56. The molecule has 0 saturated carbocycles. The van der Waals surface area contributed by atoms with Crippen LogP contribution in [0.2, 0.25) is 0 Å². The van der Waals surface area contributed by atoms with Crippen molar-refractivity contribution in [2.45, 2.75) is 25.6 Å². The first-order valence-corrected chi connectivity index (χ1v) is 9.56. The SMILES string of the molecule is C=C1CCN(c2ncc(C(F)(F)F)cn2)C/C1=C(/C)C1N=CC(OC)=C2NC=CC21. The van der Waals surface area contributed by atoms with Crippen molar-refractivity contribution in [2.75, 3.05) is 25.1 Å². The Morgan fingerprint density at radius 2 is 2.03 bits per heavy atom. The van der Waals surface area contributed by atoms with Crippen LogP contribution in [0.3, 0.4) is 0 Å². The Morgan fingerprint density at radius 1 is 1.30 bits per heavy atom. The van der Waals surface area contributed by atoms with Gasteiger partial charge in [-0.05, 0) is 36.3 Å². The fourth-order valence-electron chi connectivity index (χ4n) is 3.97. The van der Waals surface area contributed by atoms with Crippen molar-refractivity contribution in [3.8, 4) is 0 Å². The minimum absolute atomic E-state index is 0.0444. The second-order valence-corrected chi connectivity index (χ2v) is 7.44. The summed E-state index contributed by atoms with van der Waals surface area (Å²) in [5, 5.41) is 3.23. The van der Waals surface area contributed by atoms with E-state index in [0.717, 1.165) is 34.8 Å². The van der Waals surface area contributed by atoms with Gasteiger partial charge in [0.15, 0.2) is 5.76 Å². The first-order chi connectivity index (χ1) is 14.3. The van der Waals surface area contributed by atoms with Crippen LogP contribution in [-0.2, 0) is 10.9 Å². The number of allylic oxidation sites excluding steroid dienone is 1. The molecule has 3 aliphatic rings. The van der Waals surface area contributed by atoms with Crippen LogP contribution >= 0.6 is 0 Å². The predicted molar refractivity (Wildman–Crippen MR) is 108 cm³/mol. The molecule has 3 aliphatic heterocycles. The van der Waals surface area contributed by atoms with Crippen molar-refractivity contribution in [3.63, 3.8) is 0 Å². The van der Waals surface area contributed by atoms with E-state index in [1.807, 2.05) is 18.0 Å². The number of rotatable bonds is 3. The zero-order chi connectivity index (χ0) is 21.5. The Labute approximate surface area is 172 Å². The molecule has 6 nitrogen and oxygen atoms in total. The molecule has 0 radical (unpaired) electrons. The molecule has 1 saturated heterocycles. The van der Waals surface area contributed by atoms with Gasteiger partial charge in [-0.15, -0.1) is 0 Å². The summed E-state index contributed by atoms with van der Waals surface area (Å²) in [6.45, 7) is 7.31. The summed E-state index contributed by atoms with van der Waals surface area (Å²) in [5.41, 5.74) is 3.22. The van der Waals surface area contributed by atoms with Gasteiger partial charge < -0.3 is 15.0 Å². The summed E-state index contributed by atoms with van der Waals surface area (Å²) < 4.78 is 43.8. The molecule has 158 valence electrons. The van der Waals surface area contributed by atoms with E-state index in [9.17, 15) is 13.2 Å². The van der Waals surface area contributed by atoms with Crippen LogP contribution in [0.25, 0.3) is 0 Å². The van der Waals surface area contributed by atoms with Crippen LogP contribution in [0.15, 0.2) is 64.4 Å². The second kappa shape index (κ2) is 7.62. The highest BCUT2D eigenvalue weighted by atomic mass is 19.4. The van der Waals surface area contributed by atoms with Crippen LogP contribution < -0.4 is 10.2 Å². The lowest BCUT2D eigenvalue weighted by Gasteiger charge is -2.34. The third-order valence-corrected chi connectivity index (χ3v) is 5.68. The second-order valence-electron chi connectivity index (χ2n) is 7.44. The Morgan fingerprint density at radius 3 is 2.70 bits per heavy atom. The lowest BCUT2D eigenvalue weighted by atomic mass is 9.84. The third kappa shape index (κ3) is 3.59. The first kappa shape index (κ1) is 20.2. The lowest BCUT2D eigenvalue weighted by Crippen LogP contribution is -2.36. The molecule has 0 bridgehead atoms. The van der Waals surface area contributed by atoms with Crippen molar-refractivity contribution in [1.29, 1.82) is 0 Å². The normalized spacial score (nSPS) is 25.4. The molecular weight excluding hydrogens is 395 g/mol. The molecule has 30 heavy (non-hydrogen) atoms. The molecule has 1 aromatic heterocycles. The molecule has 1 fully saturated rings. The molecule has 2 atom stereocenters. The number of methoxy groups -OCH3 is 1. The number of piperidine rings is 1. The molecule has 0 spiro atoms. The predicted octanol–water partition coefficient (Wildman–Crippen LogP) is 3.62. The smallest absolute Gasteiger partial charge is 0.419 e. The van der Waals surface area contributed by atoms with Crippen molar-refractivity contribution < 1.29 is 17.9 Å². The summed E-state index contributed by atoms with van der Waals surface area (Å²) in [6, 6.07) is -0.106. The van der Waals surface area contributed by atoms with E-state index >= 15 is 0 Å². The minimum atomic E-state index is -4.45. The number of anilines is 1. The van der Waals surface area contributed by atoms with Gasteiger partial charge in [-0.25, -0.2) is 9.97 Å². The van der Waals surface area contributed by atoms with Crippen molar-refractivity contribution in [3.05, 3.63) is 65.0 Å². The maximum absolute atomic E-state index is 12.8. The topological polar surface area (TPSA) is 62.6 Å². The minimum Gasteiger partial charge on any atom is -0.493 e. The lowest BCUT2D eigenvalue weighted by molar-refractivity contribution is -0.138. The molecule has 1 aromatic rings. The van der Waals surface area contributed by atoms with Gasteiger partial charge in [0.25, 0.3) is 0 Å². The summed E-state index contributed by atoms with van der Waals surface area (Å²) in [4.78, 5) is 14.5. The maximum atomic E-state index is 12.8. The molecule has 2 unspecified atom stereocenters. The van der Waals surface area contributed by atoms with Crippen molar-refractivity contribution in [1.82, 2.24) is 15.3 Å². The van der Waals surface area contributed by atoms with Gasteiger partial charge in [0, 0.05) is 31.4 Å². The number of alkyl halides is 3. The number of ether oxygens (including phenoxy) is 1. The van der Waals surface area contributed by atoms with Gasteiger partial charge in [-0.3, -0.25) is 4.99 Å². The number of nitrogens with one attached hydrogen (secondary N) is 1. The van der Waals surface area contributed by atoms with E-state index in [0.29, 0.717) is 25.3 Å². The number of aromatic nitrogens is 2. The van der Waals surface area contributed by atoms with Crippen LogP contribution in [0.5, 0.6) is 0 Å². The molecule has 0 aromatic carbocycles. The molecule has 4 heterocycles. The van der Waals surface area contributed by atoms with E-state index < -0.39 is 11.7 Å². The van der Waals surface area contributed by atoms with E-state index in [1.54, 1.807) is 13.3 Å². The number of hydrogen-bond acceptors (Lipinski definition) is 6. The molecule has 9 heteroatoms. The molecular formula is C21H22F3N5O. The van der Waals surface area contributed by atoms with E-state index in [1.165, 1.54) is 0 Å². The largest absolute Gasteiger partial charge is 0.493 e. The van der Waals surface area contributed by atoms with Gasteiger partial charge in [0.2, 0.25) is 5.95 Å². The van der Waals surface area contributed by atoms with E-state index in [4.69, 9.17) is 9.73 Å². The molecule has 0 aliphatic carbocycles. The molecule has 1 N–H and O–H groups in total. The van der Waals surface area contributed by atoms with Crippen molar-refractivity contribution >= 4 is 12.2 Å². The Kier molecular flexibility index (Phi) is 5.13. The van der Waals surface area contributed by atoms with Crippen LogP contribution in [-0.4, -0.2) is 42.4 Å².